The van der Waals surface area contributed by atoms with E-state index in [2.05, 4.69) is 22.9 Å². The molecule has 5 rings (SSSR count). The molecule has 0 aliphatic carbocycles. The van der Waals surface area contributed by atoms with Crippen LogP contribution in [0.1, 0.15) is 54.1 Å². The van der Waals surface area contributed by atoms with Gasteiger partial charge >= 0.3 is 12.0 Å². The van der Waals surface area contributed by atoms with Crippen molar-refractivity contribution >= 4 is 35.4 Å². The molecular weight excluding hydrogens is 655 g/mol. The van der Waals surface area contributed by atoms with Crippen LogP contribution in [0.25, 0.3) is 0 Å². The summed E-state index contributed by atoms with van der Waals surface area (Å²) in [5.41, 5.74) is 5.18. The van der Waals surface area contributed by atoms with E-state index in [4.69, 9.17) is 14.2 Å². The van der Waals surface area contributed by atoms with E-state index in [1.807, 2.05) is 103 Å². The zero-order chi connectivity index (χ0) is 35.5. The van der Waals surface area contributed by atoms with Gasteiger partial charge in [0.05, 0.1) is 25.9 Å². The molecule has 1 heterocycles. The average molecular weight is 698 g/mol. The van der Waals surface area contributed by atoms with Gasteiger partial charge in [0.15, 0.2) is 6.29 Å². The van der Waals surface area contributed by atoms with Gasteiger partial charge in [-0.2, -0.15) is 0 Å². The number of aliphatic hydroxyl groups is 1. The minimum Gasteiger partial charge on any atom is -0.467 e. The summed E-state index contributed by atoms with van der Waals surface area (Å²) in [4.78, 5) is 37.6. The largest absolute Gasteiger partial charge is 0.467 e. The third-order valence-electron chi connectivity index (χ3n) is 8.49. The van der Waals surface area contributed by atoms with Crippen LogP contribution < -0.4 is 16.0 Å². The molecule has 4 aromatic rings. The van der Waals surface area contributed by atoms with Crippen molar-refractivity contribution in [2.45, 2.75) is 62.9 Å². The number of esters is 1. The SMILES string of the molecule is COC(=O)[C@H](Cc1ccccc1)NC(=O)NCc1ccc([C@@H]2O[C@H](CSc3ccc(NC(C)=O)cc3)[C@H](C)[C@H](c3ccc(CO)cc3)O2)cc1. The molecule has 4 N–H and O–H groups in total. The first-order chi connectivity index (χ1) is 24.2. The van der Waals surface area contributed by atoms with E-state index in [1.54, 1.807) is 11.8 Å². The van der Waals surface area contributed by atoms with Crippen molar-refractivity contribution in [2.24, 2.45) is 5.92 Å². The molecule has 11 heteroatoms. The molecule has 1 saturated heterocycles. The van der Waals surface area contributed by atoms with E-state index in [1.165, 1.54) is 14.0 Å². The van der Waals surface area contributed by atoms with Gasteiger partial charge in [-0.15, -0.1) is 11.8 Å². The van der Waals surface area contributed by atoms with Crippen LogP contribution in [-0.4, -0.2) is 48.0 Å². The van der Waals surface area contributed by atoms with Crippen molar-refractivity contribution in [1.29, 1.82) is 0 Å². The van der Waals surface area contributed by atoms with Crippen LogP contribution in [0.2, 0.25) is 0 Å². The maximum atomic E-state index is 12.8. The highest BCUT2D eigenvalue weighted by atomic mass is 32.2. The third-order valence-corrected chi connectivity index (χ3v) is 9.59. The number of aliphatic hydroxyl groups excluding tert-OH is 1. The Labute approximate surface area is 296 Å². The van der Waals surface area contributed by atoms with Crippen molar-refractivity contribution in [3.05, 3.63) is 131 Å². The number of carbonyl (C=O) groups excluding carboxylic acids is 3. The summed E-state index contributed by atoms with van der Waals surface area (Å²) in [6.45, 7) is 3.82. The number of carbonyl (C=O) groups is 3. The second-order valence-corrected chi connectivity index (χ2v) is 13.3. The van der Waals surface area contributed by atoms with Gasteiger partial charge in [-0.3, -0.25) is 4.79 Å². The summed E-state index contributed by atoms with van der Waals surface area (Å²) >= 11 is 1.68. The Morgan fingerprint density at radius 1 is 0.840 bits per heavy atom. The van der Waals surface area contributed by atoms with Gasteiger partial charge in [-0.05, 0) is 46.5 Å². The summed E-state index contributed by atoms with van der Waals surface area (Å²) < 4.78 is 18.1. The Morgan fingerprint density at radius 3 is 2.14 bits per heavy atom. The second-order valence-electron chi connectivity index (χ2n) is 12.2. The number of amides is 3. The molecule has 1 fully saturated rings. The molecule has 5 atom stereocenters. The van der Waals surface area contributed by atoms with Crippen LogP contribution in [0.3, 0.4) is 0 Å². The fraction of sp³-hybridized carbons (Fsp3) is 0.308. The van der Waals surface area contributed by atoms with Gasteiger partial charge < -0.3 is 35.3 Å². The molecule has 4 aromatic carbocycles. The van der Waals surface area contributed by atoms with Crippen molar-refractivity contribution in [1.82, 2.24) is 10.6 Å². The summed E-state index contributed by atoms with van der Waals surface area (Å²) in [5, 5.41) is 17.9. The topological polar surface area (TPSA) is 135 Å². The smallest absolute Gasteiger partial charge is 0.328 e. The molecular formula is C39H43N3O7S. The van der Waals surface area contributed by atoms with Crippen LogP contribution in [0.15, 0.2) is 108 Å². The maximum Gasteiger partial charge on any atom is 0.328 e. The van der Waals surface area contributed by atoms with Crippen molar-refractivity contribution in [3.63, 3.8) is 0 Å². The highest BCUT2D eigenvalue weighted by Crippen LogP contribution is 2.43. The lowest BCUT2D eigenvalue weighted by molar-refractivity contribution is -0.268. The number of benzene rings is 4. The van der Waals surface area contributed by atoms with Crippen LogP contribution in [-0.2, 0) is 43.4 Å². The van der Waals surface area contributed by atoms with Gasteiger partial charge in [0.25, 0.3) is 0 Å². The first-order valence-corrected chi connectivity index (χ1v) is 17.5. The minimum absolute atomic E-state index is 0.0232. The van der Waals surface area contributed by atoms with Crippen molar-refractivity contribution < 1.29 is 33.7 Å². The summed E-state index contributed by atoms with van der Waals surface area (Å²) in [6.07, 6.45) is -0.726. The zero-order valence-corrected chi connectivity index (χ0v) is 29.2. The molecule has 0 spiro atoms. The quantitative estimate of drug-likeness (QED) is 0.0945. The van der Waals surface area contributed by atoms with Crippen LogP contribution in [0.5, 0.6) is 0 Å². The molecule has 0 aromatic heterocycles. The molecule has 0 bridgehead atoms. The van der Waals surface area contributed by atoms with Gasteiger partial charge in [0.2, 0.25) is 5.91 Å². The Hall–Kier alpha value is -4.68. The molecule has 0 unspecified atom stereocenters. The number of anilines is 1. The number of methoxy groups -OCH3 is 1. The van der Waals surface area contributed by atoms with Gasteiger partial charge in [-0.25, -0.2) is 9.59 Å². The van der Waals surface area contributed by atoms with Crippen molar-refractivity contribution in [2.75, 3.05) is 18.2 Å². The second kappa shape index (κ2) is 17.8. The maximum absolute atomic E-state index is 12.8. The summed E-state index contributed by atoms with van der Waals surface area (Å²) in [6, 6.07) is 31.3. The van der Waals surface area contributed by atoms with Crippen LogP contribution >= 0.6 is 11.8 Å². The number of hydrogen-bond acceptors (Lipinski definition) is 8. The van der Waals surface area contributed by atoms with Gasteiger partial charge in [0.1, 0.15) is 6.04 Å². The van der Waals surface area contributed by atoms with E-state index >= 15 is 0 Å². The summed E-state index contributed by atoms with van der Waals surface area (Å²) in [5.74, 6) is 0.0705. The van der Waals surface area contributed by atoms with E-state index in [9.17, 15) is 19.5 Å². The van der Waals surface area contributed by atoms with E-state index < -0.39 is 24.3 Å². The monoisotopic (exact) mass is 697 g/mol. The zero-order valence-electron chi connectivity index (χ0n) is 28.3. The van der Waals surface area contributed by atoms with E-state index in [0.717, 1.165) is 38.4 Å². The van der Waals surface area contributed by atoms with Crippen LogP contribution in [0.4, 0.5) is 10.5 Å². The number of ether oxygens (including phenoxy) is 3. The molecule has 262 valence electrons. The van der Waals surface area contributed by atoms with Gasteiger partial charge in [-0.1, -0.05) is 85.8 Å². The molecule has 0 saturated carbocycles. The molecule has 50 heavy (non-hydrogen) atoms. The Balaban J connectivity index is 1.24. The fourth-order valence-corrected chi connectivity index (χ4v) is 6.76. The lowest BCUT2D eigenvalue weighted by Gasteiger charge is -2.41. The predicted octanol–water partition coefficient (Wildman–Crippen LogP) is 6.30. The molecule has 1 aliphatic heterocycles. The third kappa shape index (κ3) is 10.2. The van der Waals surface area contributed by atoms with Gasteiger partial charge in [0, 0.05) is 47.7 Å². The average Bonchev–Trinajstić information content (AvgIpc) is 3.14. The standard InChI is InChI=1S/C39H43N3O7S/c1-25-35(24-50-33-19-17-32(18-20-33)41-26(2)44)48-38(49-36(25)30-13-11-29(23-43)12-14-30)31-15-9-28(10-16-31)22-40-39(46)42-34(37(45)47-3)21-27-7-5-4-6-8-27/h4-20,25,34-36,38,43H,21-24H2,1-3H3,(H,41,44)(H2,40,42,46)/t25-,34-,35+,36+,38+/m0/s1. The lowest BCUT2D eigenvalue weighted by atomic mass is 9.91. The highest BCUT2D eigenvalue weighted by Gasteiger charge is 2.38. The first-order valence-electron chi connectivity index (χ1n) is 16.5. The lowest BCUT2D eigenvalue weighted by Crippen LogP contribution is -2.47. The number of rotatable bonds is 13. The number of hydrogen-bond donors (Lipinski definition) is 4. The predicted molar refractivity (Wildman–Crippen MR) is 192 cm³/mol. The van der Waals surface area contributed by atoms with Crippen molar-refractivity contribution in [3.8, 4) is 0 Å². The molecule has 1 aliphatic rings. The normalized spacial score (nSPS) is 19.2. The first kappa shape index (κ1) is 36.6. The fourth-order valence-electron chi connectivity index (χ4n) is 5.70. The molecule has 3 amide bonds. The summed E-state index contributed by atoms with van der Waals surface area (Å²) in [7, 11) is 1.30. The Kier molecular flexibility index (Phi) is 13.0. The molecule has 0 radical (unpaired) electrons. The number of nitrogens with one attached hydrogen (secondary N) is 3. The Morgan fingerprint density at radius 2 is 1.50 bits per heavy atom. The molecule has 10 nitrogen and oxygen atoms in total. The van der Waals surface area contributed by atoms with E-state index in [-0.39, 0.29) is 37.2 Å². The van der Waals surface area contributed by atoms with E-state index in [0.29, 0.717) is 12.2 Å². The number of urea groups is 1. The number of thioether (sulfide) groups is 1. The Bertz CT molecular complexity index is 1700. The minimum atomic E-state index is -0.824. The highest BCUT2D eigenvalue weighted by molar-refractivity contribution is 7.99. The van der Waals surface area contributed by atoms with Crippen LogP contribution in [0, 0.1) is 5.92 Å².